The molecule has 94 valence electrons. The van der Waals surface area contributed by atoms with Crippen LogP contribution in [0.3, 0.4) is 0 Å². The average molecular weight is 233 g/mol. The van der Waals surface area contributed by atoms with Gasteiger partial charge in [0.25, 0.3) is 0 Å². The van der Waals surface area contributed by atoms with Gasteiger partial charge in [-0.15, -0.1) is 0 Å². The molecule has 1 atom stereocenters. The van der Waals surface area contributed by atoms with E-state index in [-0.39, 0.29) is 0 Å². The second-order valence-corrected chi connectivity index (χ2v) is 4.77. The van der Waals surface area contributed by atoms with Crippen molar-refractivity contribution in [3.63, 3.8) is 0 Å². The Labute approximate surface area is 104 Å². The fraction of sp³-hybridized carbons (Fsp3) is 0.643. The van der Waals surface area contributed by atoms with Crippen molar-refractivity contribution in [3.05, 3.63) is 23.9 Å². The van der Waals surface area contributed by atoms with Crippen molar-refractivity contribution in [1.29, 1.82) is 0 Å². The fourth-order valence-electron chi connectivity index (χ4n) is 2.67. The molecule has 2 heterocycles. The topological polar surface area (TPSA) is 28.2 Å². The van der Waals surface area contributed by atoms with Crippen molar-refractivity contribution in [2.75, 3.05) is 25.5 Å². The van der Waals surface area contributed by atoms with Gasteiger partial charge in [-0.2, -0.15) is 0 Å². The predicted octanol–water partition coefficient (Wildman–Crippen LogP) is 3.06. The minimum absolute atomic E-state index is 0.585. The van der Waals surface area contributed by atoms with E-state index in [4.69, 9.17) is 0 Å². The molecule has 2 rings (SSSR count). The maximum atomic E-state index is 4.43. The standard InChI is InChI=1S/C14H23N3/c1-3-9-17-10-5-4-6-13(17)12-7-8-14(15-2)16-11-12/h7-8,11,13H,3-6,9-10H2,1-2H3,(H,15,16)/t13-/m1/s1. The van der Waals surface area contributed by atoms with Crippen LogP contribution in [0.15, 0.2) is 18.3 Å². The second kappa shape index (κ2) is 6.01. The van der Waals surface area contributed by atoms with E-state index in [2.05, 4.69) is 34.3 Å². The molecule has 1 saturated heterocycles. The van der Waals surface area contributed by atoms with Crippen LogP contribution < -0.4 is 5.32 Å². The molecule has 0 amide bonds. The van der Waals surface area contributed by atoms with Crippen LogP contribution in [0, 0.1) is 0 Å². The van der Waals surface area contributed by atoms with Gasteiger partial charge in [0.05, 0.1) is 0 Å². The zero-order valence-electron chi connectivity index (χ0n) is 10.9. The van der Waals surface area contributed by atoms with Gasteiger partial charge < -0.3 is 5.32 Å². The first kappa shape index (κ1) is 12.4. The SMILES string of the molecule is CCCN1CCCC[C@@H]1c1ccc(NC)nc1. The molecule has 0 aromatic carbocycles. The second-order valence-electron chi connectivity index (χ2n) is 4.77. The van der Waals surface area contributed by atoms with Gasteiger partial charge in [0.2, 0.25) is 0 Å². The van der Waals surface area contributed by atoms with Gasteiger partial charge in [-0.25, -0.2) is 4.98 Å². The Bertz CT molecular complexity index is 332. The van der Waals surface area contributed by atoms with Crippen molar-refractivity contribution >= 4 is 5.82 Å². The number of nitrogens with zero attached hydrogens (tertiary/aromatic N) is 2. The molecule has 1 aliphatic rings. The summed E-state index contributed by atoms with van der Waals surface area (Å²) in [4.78, 5) is 7.04. The predicted molar refractivity (Wildman–Crippen MR) is 72.2 cm³/mol. The van der Waals surface area contributed by atoms with Gasteiger partial charge in [-0.05, 0) is 44.0 Å². The molecule has 1 aromatic heterocycles. The van der Waals surface area contributed by atoms with E-state index in [9.17, 15) is 0 Å². The molecule has 1 N–H and O–H groups in total. The zero-order valence-corrected chi connectivity index (χ0v) is 10.9. The Morgan fingerprint density at radius 2 is 2.29 bits per heavy atom. The summed E-state index contributed by atoms with van der Waals surface area (Å²) in [6.45, 7) is 4.71. The highest BCUT2D eigenvalue weighted by Gasteiger charge is 2.23. The lowest BCUT2D eigenvalue weighted by Crippen LogP contribution is -2.34. The number of likely N-dealkylation sites (tertiary alicyclic amines) is 1. The number of anilines is 1. The zero-order chi connectivity index (χ0) is 12.1. The largest absolute Gasteiger partial charge is 0.373 e. The van der Waals surface area contributed by atoms with Crippen LogP contribution in [0.2, 0.25) is 0 Å². The molecule has 0 bridgehead atoms. The third-order valence-corrected chi connectivity index (χ3v) is 3.55. The highest BCUT2D eigenvalue weighted by atomic mass is 15.2. The summed E-state index contributed by atoms with van der Waals surface area (Å²) in [5, 5.41) is 3.07. The summed E-state index contributed by atoms with van der Waals surface area (Å²) in [6, 6.07) is 4.88. The molecule has 0 spiro atoms. The molecule has 17 heavy (non-hydrogen) atoms. The van der Waals surface area contributed by atoms with E-state index in [0.717, 1.165) is 5.82 Å². The number of rotatable bonds is 4. The number of pyridine rings is 1. The molecular formula is C14H23N3. The molecular weight excluding hydrogens is 210 g/mol. The lowest BCUT2D eigenvalue weighted by molar-refractivity contribution is 0.149. The van der Waals surface area contributed by atoms with E-state index in [1.807, 2.05) is 13.2 Å². The number of nitrogens with one attached hydrogen (secondary N) is 1. The molecule has 0 unspecified atom stereocenters. The number of hydrogen-bond acceptors (Lipinski definition) is 3. The minimum Gasteiger partial charge on any atom is -0.373 e. The Hall–Kier alpha value is -1.09. The minimum atomic E-state index is 0.585. The number of piperidine rings is 1. The van der Waals surface area contributed by atoms with Crippen molar-refractivity contribution in [2.24, 2.45) is 0 Å². The maximum absolute atomic E-state index is 4.43. The molecule has 3 heteroatoms. The van der Waals surface area contributed by atoms with E-state index in [1.165, 1.54) is 44.3 Å². The van der Waals surface area contributed by atoms with Crippen LogP contribution in [0.4, 0.5) is 5.82 Å². The first-order valence-electron chi connectivity index (χ1n) is 6.73. The van der Waals surface area contributed by atoms with Gasteiger partial charge >= 0.3 is 0 Å². The Balaban J connectivity index is 2.11. The normalized spacial score (nSPS) is 21.4. The van der Waals surface area contributed by atoms with Gasteiger partial charge in [-0.1, -0.05) is 19.4 Å². The lowest BCUT2D eigenvalue weighted by Gasteiger charge is -2.35. The quantitative estimate of drug-likeness (QED) is 0.866. The first-order valence-corrected chi connectivity index (χ1v) is 6.73. The van der Waals surface area contributed by atoms with Crippen molar-refractivity contribution in [3.8, 4) is 0 Å². The summed E-state index contributed by atoms with van der Waals surface area (Å²) >= 11 is 0. The van der Waals surface area contributed by atoms with Gasteiger partial charge in [-0.3, -0.25) is 4.90 Å². The third kappa shape index (κ3) is 2.97. The Morgan fingerprint density at radius 1 is 1.41 bits per heavy atom. The van der Waals surface area contributed by atoms with E-state index in [0.29, 0.717) is 6.04 Å². The van der Waals surface area contributed by atoms with Crippen LogP contribution in [0.5, 0.6) is 0 Å². The summed E-state index contributed by atoms with van der Waals surface area (Å²) in [6.07, 6.45) is 7.24. The van der Waals surface area contributed by atoms with Crippen molar-refractivity contribution in [1.82, 2.24) is 9.88 Å². The van der Waals surface area contributed by atoms with Crippen LogP contribution in [-0.4, -0.2) is 30.0 Å². The monoisotopic (exact) mass is 233 g/mol. The van der Waals surface area contributed by atoms with E-state index in [1.54, 1.807) is 0 Å². The summed E-state index contributed by atoms with van der Waals surface area (Å²) in [5.74, 6) is 0.951. The lowest BCUT2D eigenvalue weighted by atomic mass is 9.96. The first-order chi connectivity index (χ1) is 8.35. The molecule has 1 aromatic rings. The molecule has 0 radical (unpaired) electrons. The highest BCUT2D eigenvalue weighted by Crippen LogP contribution is 2.30. The number of hydrogen-bond donors (Lipinski definition) is 1. The van der Waals surface area contributed by atoms with Crippen LogP contribution in [-0.2, 0) is 0 Å². The summed E-state index contributed by atoms with van der Waals surface area (Å²) in [5.41, 5.74) is 1.37. The molecule has 0 saturated carbocycles. The molecule has 3 nitrogen and oxygen atoms in total. The maximum Gasteiger partial charge on any atom is 0.125 e. The summed E-state index contributed by atoms with van der Waals surface area (Å²) < 4.78 is 0. The van der Waals surface area contributed by atoms with Crippen LogP contribution in [0.25, 0.3) is 0 Å². The van der Waals surface area contributed by atoms with E-state index >= 15 is 0 Å². The Morgan fingerprint density at radius 3 is 2.94 bits per heavy atom. The third-order valence-electron chi connectivity index (χ3n) is 3.55. The van der Waals surface area contributed by atoms with Crippen LogP contribution in [0.1, 0.15) is 44.2 Å². The molecule has 1 fully saturated rings. The number of aromatic nitrogens is 1. The fourth-order valence-corrected chi connectivity index (χ4v) is 2.67. The van der Waals surface area contributed by atoms with Crippen LogP contribution >= 0.6 is 0 Å². The van der Waals surface area contributed by atoms with Gasteiger partial charge in [0.15, 0.2) is 0 Å². The average Bonchev–Trinajstić information content (AvgIpc) is 2.40. The van der Waals surface area contributed by atoms with Gasteiger partial charge in [0, 0.05) is 19.3 Å². The van der Waals surface area contributed by atoms with E-state index < -0.39 is 0 Å². The Kier molecular flexibility index (Phi) is 4.37. The molecule has 0 aliphatic carbocycles. The summed E-state index contributed by atoms with van der Waals surface area (Å²) in [7, 11) is 1.91. The smallest absolute Gasteiger partial charge is 0.125 e. The van der Waals surface area contributed by atoms with Crippen molar-refractivity contribution < 1.29 is 0 Å². The highest BCUT2D eigenvalue weighted by molar-refractivity contribution is 5.35. The van der Waals surface area contributed by atoms with Gasteiger partial charge in [0.1, 0.15) is 5.82 Å². The van der Waals surface area contributed by atoms with Crippen molar-refractivity contribution in [2.45, 2.75) is 38.6 Å². The molecule has 1 aliphatic heterocycles.